The zero-order valence-electron chi connectivity index (χ0n) is 15.0. The lowest BCUT2D eigenvalue weighted by atomic mass is 10.1. The monoisotopic (exact) mass is 366 g/mol. The molecule has 3 aromatic rings. The van der Waals surface area contributed by atoms with E-state index in [1.165, 1.54) is 22.7 Å². The van der Waals surface area contributed by atoms with E-state index in [1.807, 2.05) is 42.3 Å². The molecule has 0 aliphatic heterocycles. The van der Waals surface area contributed by atoms with Crippen LogP contribution in [0.25, 0.3) is 0 Å². The molecule has 6 heteroatoms. The van der Waals surface area contributed by atoms with Crippen LogP contribution >= 0.6 is 11.5 Å². The van der Waals surface area contributed by atoms with Gasteiger partial charge in [0.25, 0.3) is 0 Å². The number of nitrogens with one attached hydrogen (secondary N) is 1. The van der Waals surface area contributed by atoms with E-state index in [4.69, 9.17) is 0 Å². The van der Waals surface area contributed by atoms with Gasteiger partial charge in [0.15, 0.2) is 0 Å². The minimum Gasteiger partial charge on any atom is -0.350 e. The predicted octanol–water partition coefficient (Wildman–Crippen LogP) is 3.19. The molecular weight excluding hydrogens is 344 g/mol. The second-order valence-electron chi connectivity index (χ2n) is 6.27. The zero-order valence-corrected chi connectivity index (χ0v) is 15.8. The van der Waals surface area contributed by atoms with Crippen LogP contribution in [0.5, 0.6) is 0 Å². The third-order valence-electron chi connectivity index (χ3n) is 3.98. The van der Waals surface area contributed by atoms with Crippen molar-refractivity contribution in [3.63, 3.8) is 0 Å². The Balaban J connectivity index is 1.51. The molecule has 0 bridgehead atoms. The minimum atomic E-state index is -0.0355. The zero-order chi connectivity index (χ0) is 18.4. The first kappa shape index (κ1) is 18.1. The van der Waals surface area contributed by atoms with Gasteiger partial charge in [0, 0.05) is 31.5 Å². The molecule has 134 valence electrons. The van der Waals surface area contributed by atoms with E-state index < -0.39 is 0 Å². The largest absolute Gasteiger partial charge is 0.350 e. The first-order valence-electron chi connectivity index (χ1n) is 8.50. The Hall–Kier alpha value is -2.73. The maximum Gasteiger partial charge on any atom is 0.239 e. The topological polar surface area (TPSA) is 58.1 Å². The summed E-state index contributed by atoms with van der Waals surface area (Å²) >= 11 is 1.32. The Morgan fingerprint density at radius 3 is 2.54 bits per heavy atom. The molecule has 3 rings (SSSR count). The number of aromatic nitrogens is 2. The van der Waals surface area contributed by atoms with Gasteiger partial charge in [0.1, 0.15) is 5.82 Å². The average molecular weight is 366 g/mol. The van der Waals surface area contributed by atoms with Gasteiger partial charge in [0.05, 0.1) is 6.54 Å². The van der Waals surface area contributed by atoms with Gasteiger partial charge in [-0.2, -0.15) is 4.37 Å². The summed E-state index contributed by atoms with van der Waals surface area (Å²) in [5.74, 6) is 0.747. The Bertz CT molecular complexity index is 846. The highest BCUT2D eigenvalue weighted by atomic mass is 32.1. The molecule has 0 saturated carbocycles. The number of anilines is 1. The molecule has 0 saturated heterocycles. The minimum absolute atomic E-state index is 0.0355. The number of rotatable bonds is 7. The fraction of sp³-hybridized carbons (Fsp3) is 0.250. The van der Waals surface area contributed by atoms with Crippen molar-refractivity contribution < 1.29 is 4.79 Å². The summed E-state index contributed by atoms with van der Waals surface area (Å²) < 4.78 is 4.41. The molecule has 0 aliphatic carbocycles. The normalized spacial score (nSPS) is 10.5. The first-order valence-corrected chi connectivity index (χ1v) is 9.27. The second kappa shape index (κ2) is 8.58. The van der Waals surface area contributed by atoms with Crippen molar-refractivity contribution in [1.82, 2.24) is 14.7 Å². The van der Waals surface area contributed by atoms with Gasteiger partial charge >= 0.3 is 0 Å². The van der Waals surface area contributed by atoms with Gasteiger partial charge in [-0.25, -0.2) is 4.98 Å². The summed E-state index contributed by atoms with van der Waals surface area (Å²) in [7, 11) is 1.86. The standard InChI is InChI=1S/C20H22N4OS/c1-15-8-10-16(11-9-15)12-18-22-20(26-23-18)24(2)14-19(25)21-13-17-6-4-3-5-7-17/h3-11H,12-14H2,1-2H3,(H,21,25). The third-order valence-corrected chi connectivity index (χ3v) is 4.85. The van der Waals surface area contributed by atoms with Crippen LogP contribution < -0.4 is 10.2 Å². The lowest BCUT2D eigenvalue weighted by Gasteiger charge is -2.14. The molecule has 0 atom stereocenters. The molecule has 0 aliphatic rings. The predicted molar refractivity (Wildman–Crippen MR) is 105 cm³/mol. The number of aryl methyl sites for hydroxylation is 1. The number of nitrogens with zero attached hydrogens (tertiary/aromatic N) is 3. The smallest absolute Gasteiger partial charge is 0.239 e. The summed E-state index contributed by atoms with van der Waals surface area (Å²) in [5, 5.41) is 3.68. The molecule has 0 unspecified atom stereocenters. The molecule has 1 amide bonds. The summed E-state index contributed by atoms with van der Waals surface area (Å²) in [6, 6.07) is 18.2. The molecule has 0 radical (unpaired) electrons. The van der Waals surface area contributed by atoms with Crippen LogP contribution in [-0.4, -0.2) is 28.9 Å². The second-order valence-corrected chi connectivity index (χ2v) is 7.00. The van der Waals surface area contributed by atoms with Gasteiger partial charge in [0.2, 0.25) is 11.0 Å². The number of carbonyl (C=O) groups is 1. The molecule has 1 N–H and O–H groups in total. The van der Waals surface area contributed by atoms with Crippen LogP contribution in [0, 0.1) is 6.92 Å². The molecular formula is C20H22N4OS. The molecule has 0 spiro atoms. The van der Waals surface area contributed by atoms with Crippen molar-refractivity contribution >= 4 is 22.6 Å². The van der Waals surface area contributed by atoms with Gasteiger partial charge in [-0.1, -0.05) is 60.2 Å². The Kier molecular flexibility index (Phi) is 5.96. The molecule has 0 fully saturated rings. The Morgan fingerprint density at radius 1 is 1.08 bits per heavy atom. The van der Waals surface area contributed by atoms with Crippen molar-refractivity contribution in [3.8, 4) is 0 Å². The lowest BCUT2D eigenvalue weighted by molar-refractivity contribution is -0.119. The Morgan fingerprint density at radius 2 is 1.81 bits per heavy atom. The van der Waals surface area contributed by atoms with E-state index in [9.17, 15) is 4.79 Å². The summed E-state index contributed by atoms with van der Waals surface area (Å²) in [6.45, 7) is 2.86. The van der Waals surface area contributed by atoms with Crippen molar-refractivity contribution in [2.75, 3.05) is 18.5 Å². The van der Waals surface area contributed by atoms with Crippen LogP contribution in [0.4, 0.5) is 5.13 Å². The summed E-state index contributed by atoms with van der Waals surface area (Å²) in [4.78, 5) is 18.5. The number of amides is 1. The SMILES string of the molecule is Cc1ccc(Cc2nsc(N(C)CC(=O)NCc3ccccc3)n2)cc1. The van der Waals surface area contributed by atoms with E-state index in [1.54, 1.807) is 0 Å². The quantitative estimate of drug-likeness (QED) is 0.698. The fourth-order valence-corrected chi connectivity index (χ4v) is 3.14. The molecule has 1 aromatic heterocycles. The summed E-state index contributed by atoms with van der Waals surface area (Å²) in [5.41, 5.74) is 3.50. The fourth-order valence-electron chi connectivity index (χ4n) is 2.50. The van der Waals surface area contributed by atoms with Gasteiger partial charge in [-0.15, -0.1) is 0 Å². The highest BCUT2D eigenvalue weighted by Gasteiger charge is 2.12. The van der Waals surface area contributed by atoms with Crippen molar-refractivity contribution in [1.29, 1.82) is 0 Å². The van der Waals surface area contributed by atoms with Crippen LogP contribution in [0.3, 0.4) is 0 Å². The molecule has 2 aromatic carbocycles. The maximum atomic E-state index is 12.1. The highest BCUT2D eigenvalue weighted by molar-refractivity contribution is 7.09. The molecule has 5 nitrogen and oxygen atoms in total. The van der Waals surface area contributed by atoms with E-state index in [0.717, 1.165) is 16.5 Å². The average Bonchev–Trinajstić information content (AvgIpc) is 3.11. The van der Waals surface area contributed by atoms with Crippen LogP contribution in [0.2, 0.25) is 0 Å². The van der Waals surface area contributed by atoms with Gasteiger partial charge < -0.3 is 10.2 Å². The first-order chi connectivity index (χ1) is 12.6. The van der Waals surface area contributed by atoms with Crippen LogP contribution in [0.1, 0.15) is 22.5 Å². The number of hydrogen-bond acceptors (Lipinski definition) is 5. The highest BCUT2D eigenvalue weighted by Crippen LogP contribution is 2.17. The van der Waals surface area contributed by atoms with E-state index >= 15 is 0 Å². The Labute approximate surface area is 157 Å². The van der Waals surface area contributed by atoms with Gasteiger partial charge in [-0.3, -0.25) is 4.79 Å². The van der Waals surface area contributed by atoms with Crippen molar-refractivity contribution in [2.45, 2.75) is 19.9 Å². The number of likely N-dealkylation sites (N-methyl/N-ethyl adjacent to an activating group) is 1. The number of hydrogen-bond donors (Lipinski definition) is 1. The maximum absolute atomic E-state index is 12.1. The van der Waals surface area contributed by atoms with Crippen molar-refractivity contribution in [3.05, 3.63) is 77.1 Å². The summed E-state index contributed by atoms with van der Waals surface area (Å²) in [6.07, 6.45) is 0.699. The third kappa shape index (κ3) is 5.13. The number of benzene rings is 2. The lowest BCUT2D eigenvalue weighted by Crippen LogP contribution is -2.34. The van der Waals surface area contributed by atoms with Crippen LogP contribution in [0.15, 0.2) is 54.6 Å². The van der Waals surface area contributed by atoms with E-state index in [2.05, 4.69) is 45.9 Å². The molecule has 26 heavy (non-hydrogen) atoms. The van der Waals surface area contributed by atoms with Crippen LogP contribution in [-0.2, 0) is 17.8 Å². The van der Waals surface area contributed by atoms with E-state index in [0.29, 0.717) is 13.0 Å². The number of carbonyl (C=O) groups excluding carboxylic acids is 1. The van der Waals surface area contributed by atoms with E-state index in [-0.39, 0.29) is 12.5 Å². The van der Waals surface area contributed by atoms with Crippen molar-refractivity contribution in [2.24, 2.45) is 0 Å². The molecule has 1 heterocycles. The van der Waals surface area contributed by atoms with Gasteiger partial charge in [-0.05, 0) is 18.1 Å².